The predicted molar refractivity (Wildman–Crippen MR) is 83.6 cm³/mol. The van der Waals surface area contributed by atoms with Crippen LogP contribution >= 0.6 is 0 Å². The topological polar surface area (TPSA) is 84.0 Å². The Hall–Kier alpha value is -1.31. The minimum absolute atomic E-state index is 0.0425. The summed E-state index contributed by atoms with van der Waals surface area (Å²) >= 11 is 0. The zero-order valence-electron chi connectivity index (χ0n) is 13.8. The Kier molecular flexibility index (Phi) is 3.85. The van der Waals surface area contributed by atoms with Gasteiger partial charge in [0.15, 0.2) is 9.84 Å². The molecule has 1 aliphatic carbocycles. The van der Waals surface area contributed by atoms with Crippen molar-refractivity contribution in [1.29, 1.82) is 0 Å². The minimum Gasteiger partial charge on any atom is -0.444 e. The number of carbonyl (C=O) groups is 2. The molecule has 0 bridgehead atoms. The number of rotatable bonds is 1. The van der Waals surface area contributed by atoms with E-state index in [1.54, 1.807) is 25.7 Å². The zero-order chi connectivity index (χ0) is 17.0. The maximum atomic E-state index is 12.4. The van der Waals surface area contributed by atoms with Crippen LogP contribution in [0.25, 0.3) is 0 Å². The van der Waals surface area contributed by atoms with Crippen molar-refractivity contribution < 1.29 is 22.7 Å². The molecule has 2 heterocycles. The lowest BCUT2D eigenvalue weighted by atomic mass is 10.0. The molecule has 2 aliphatic heterocycles. The summed E-state index contributed by atoms with van der Waals surface area (Å²) in [5.74, 6) is -0.0613. The van der Waals surface area contributed by atoms with Crippen LogP contribution in [-0.2, 0) is 19.4 Å². The van der Waals surface area contributed by atoms with Gasteiger partial charge in [-0.25, -0.2) is 13.2 Å². The first-order valence-electron chi connectivity index (χ1n) is 8.08. The Morgan fingerprint density at radius 3 is 2.04 bits per heavy atom. The van der Waals surface area contributed by atoms with E-state index in [2.05, 4.69) is 0 Å². The Morgan fingerprint density at radius 2 is 1.52 bits per heavy atom. The van der Waals surface area contributed by atoms with Gasteiger partial charge in [-0.05, 0) is 33.6 Å². The van der Waals surface area contributed by atoms with Crippen LogP contribution in [0.3, 0.4) is 0 Å². The molecule has 0 N–H and O–H groups in total. The molecular weight excluding hydrogens is 320 g/mol. The van der Waals surface area contributed by atoms with Crippen LogP contribution in [0.2, 0.25) is 0 Å². The first kappa shape index (κ1) is 16.5. The van der Waals surface area contributed by atoms with Gasteiger partial charge in [0.25, 0.3) is 0 Å². The first-order valence-corrected chi connectivity index (χ1v) is 9.90. The third kappa shape index (κ3) is 3.46. The molecular formula is C15H24N2O5S. The van der Waals surface area contributed by atoms with Gasteiger partial charge in [-0.2, -0.15) is 0 Å². The van der Waals surface area contributed by atoms with Crippen LogP contribution in [0.1, 0.15) is 33.6 Å². The number of amides is 2. The number of nitrogens with zero attached hydrogens (tertiary/aromatic N) is 2. The molecule has 0 aromatic heterocycles. The van der Waals surface area contributed by atoms with Crippen LogP contribution in [-0.4, -0.2) is 72.5 Å². The number of carbonyl (C=O) groups excluding carboxylic acids is 2. The molecule has 0 aromatic rings. The van der Waals surface area contributed by atoms with Crippen LogP contribution in [0.15, 0.2) is 0 Å². The lowest BCUT2D eigenvalue weighted by molar-refractivity contribution is -0.138. The Balaban J connectivity index is 1.81. The number of hydrogen-bond acceptors (Lipinski definition) is 5. The van der Waals surface area contributed by atoms with Gasteiger partial charge in [0.1, 0.15) is 5.60 Å². The van der Waals surface area contributed by atoms with Gasteiger partial charge in [0.2, 0.25) is 5.91 Å². The fourth-order valence-corrected chi connectivity index (χ4v) is 5.32. The van der Waals surface area contributed by atoms with Gasteiger partial charge in [-0.15, -0.1) is 0 Å². The third-order valence-electron chi connectivity index (χ3n) is 4.51. The Bertz CT molecular complexity index is 620. The molecule has 3 aliphatic rings. The van der Waals surface area contributed by atoms with E-state index in [1.165, 1.54) is 4.90 Å². The number of sulfone groups is 1. The summed E-state index contributed by atoms with van der Waals surface area (Å²) in [5, 5.41) is 0. The SMILES string of the molecule is CC(C)(C)OC(=O)N1CCN(C(=O)C2CC2)[C@H]2CS(=O)(=O)C[C@H]21. The molecule has 0 spiro atoms. The van der Waals surface area contributed by atoms with Gasteiger partial charge in [0.05, 0.1) is 23.6 Å². The highest BCUT2D eigenvalue weighted by Gasteiger charge is 2.51. The quantitative estimate of drug-likeness (QED) is 0.697. The van der Waals surface area contributed by atoms with Gasteiger partial charge < -0.3 is 14.5 Å². The highest BCUT2D eigenvalue weighted by Crippen LogP contribution is 2.35. The van der Waals surface area contributed by atoms with Crippen molar-refractivity contribution in [3.05, 3.63) is 0 Å². The zero-order valence-corrected chi connectivity index (χ0v) is 14.6. The molecule has 130 valence electrons. The van der Waals surface area contributed by atoms with Crippen LogP contribution in [0.4, 0.5) is 4.79 Å². The molecule has 23 heavy (non-hydrogen) atoms. The fourth-order valence-electron chi connectivity index (χ4n) is 3.34. The highest BCUT2D eigenvalue weighted by molar-refractivity contribution is 7.91. The van der Waals surface area contributed by atoms with E-state index < -0.39 is 33.6 Å². The smallest absolute Gasteiger partial charge is 0.410 e. The largest absolute Gasteiger partial charge is 0.444 e. The molecule has 0 radical (unpaired) electrons. The Labute approximate surface area is 136 Å². The molecule has 2 saturated heterocycles. The fraction of sp³-hybridized carbons (Fsp3) is 0.867. The molecule has 3 rings (SSSR count). The van der Waals surface area contributed by atoms with Crippen molar-refractivity contribution in [2.24, 2.45) is 5.92 Å². The van der Waals surface area contributed by atoms with Gasteiger partial charge >= 0.3 is 6.09 Å². The number of fused-ring (bicyclic) bond motifs is 1. The molecule has 0 aromatic carbocycles. The molecule has 0 unspecified atom stereocenters. The van der Waals surface area contributed by atoms with Crippen molar-refractivity contribution in [3.63, 3.8) is 0 Å². The van der Waals surface area contributed by atoms with Crippen molar-refractivity contribution in [1.82, 2.24) is 9.80 Å². The molecule has 2 atom stereocenters. The van der Waals surface area contributed by atoms with Crippen LogP contribution < -0.4 is 0 Å². The van der Waals surface area contributed by atoms with Crippen molar-refractivity contribution in [3.8, 4) is 0 Å². The van der Waals surface area contributed by atoms with Crippen molar-refractivity contribution in [2.45, 2.75) is 51.3 Å². The van der Waals surface area contributed by atoms with E-state index in [0.717, 1.165) is 12.8 Å². The van der Waals surface area contributed by atoms with E-state index >= 15 is 0 Å². The average molecular weight is 344 g/mol. The van der Waals surface area contributed by atoms with E-state index in [0.29, 0.717) is 13.1 Å². The minimum atomic E-state index is -3.25. The lowest BCUT2D eigenvalue weighted by Gasteiger charge is -2.44. The van der Waals surface area contributed by atoms with Gasteiger partial charge in [-0.3, -0.25) is 4.79 Å². The first-order chi connectivity index (χ1) is 10.6. The molecule has 1 saturated carbocycles. The average Bonchev–Trinajstić information content (AvgIpc) is 3.17. The summed E-state index contributed by atoms with van der Waals surface area (Å²) in [6, 6.07) is -0.930. The normalized spacial score (nSPS) is 30.0. The summed E-state index contributed by atoms with van der Waals surface area (Å²) in [6.07, 6.45) is 1.27. The third-order valence-corrected chi connectivity index (χ3v) is 6.21. The summed E-state index contributed by atoms with van der Waals surface area (Å²) in [7, 11) is -3.25. The number of ether oxygens (including phenoxy) is 1. The number of piperazine rings is 1. The summed E-state index contributed by atoms with van der Waals surface area (Å²) < 4.78 is 29.6. The second kappa shape index (κ2) is 5.36. The van der Waals surface area contributed by atoms with Gasteiger partial charge in [-0.1, -0.05) is 0 Å². The van der Waals surface area contributed by atoms with E-state index in [9.17, 15) is 18.0 Å². The summed E-state index contributed by atoms with van der Waals surface area (Å²) in [6.45, 7) is 6.04. The molecule has 3 fully saturated rings. The van der Waals surface area contributed by atoms with E-state index in [4.69, 9.17) is 4.74 Å². The summed E-state index contributed by atoms with van der Waals surface area (Å²) in [5.41, 5.74) is -0.634. The van der Waals surface area contributed by atoms with Crippen LogP contribution in [0.5, 0.6) is 0 Å². The number of hydrogen-bond donors (Lipinski definition) is 0. The summed E-state index contributed by atoms with van der Waals surface area (Å²) in [4.78, 5) is 28.0. The maximum absolute atomic E-state index is 12.4. The maximum Gasteiger partial charge on any atom is 0.410 e. The molecule has 2 amide bonds. The second-order valence-corrected chi connectivity index (χ2v) is 9.85. The van der Waals surface area contributed by atoms with Crippen LogP contribution in [0, 0.1) is 5.92 Å². The van der Waals surface area contributed by atoms with E-state index in [-0.39, 0.29) is 23.3 Å². The second-order valence-electron chi connectivity index (χ2n) is 7.69. The molecule has 8 heteroatoms. The highest BCUT2D eigenvalue weighted by atomic mass is 32.2. The van der Waals surface area contributed by atoms with Crippen molar-refractivity contribution in [2.75, 3.05) is 24.6 Å². The monoisotopic (exact) mass is 344 g/mol. The Morgan fingerprint density at radius 1 is 1.00 bits per heavy atom. The van der Waals surface area contributed by atoms with Crippen molar-refractivity contribution >= 4 is 21.8 Å². The van der Waals surface area contributed by atoms with E-state index in [1.807, 2.05) is 0 Å². The molecule has 7 nitrogen and oxygen atoms in total. The standard InChI is InChI=1S/C15H24N2O5S/c1-15(2,3)22-14(19)17-7-6-16(13(18)10-4-5-10)11-8-23(20,21)9-12(11)17/h10-12H,4-9H2,1-3H3/t11-,12+/m0/s1. The predicted octanol–water partition coefficient (Wildman–Crippen LogP) is 0.641. The lowest BCUT2D eigenvalue weighted by Crippen LogP contribution is -2.62. The van der Waals surface area contributed by atoms with Gasteiger partial charge in [0, 0.05) is 19.0 Å².